The summed E-state index contributed by atoms with van der Waals surface area (Å²) >= 11 is 0. The average Bonchev–Trinajstić information content (AvgIpc) is 2.28. The third kappa shape index (κ3) is 2.04. The second kappa shape index (κ2) is 4.66. The van der Waals surface area contributed by atoms with E-state index in [9.17, 15) is 9.90 Å². The molecule has 94 valence electrons. The number of rotatable bonds is 2. The zero-order chi connectivity index (χ0) is 12.5. The van der Waals surface area contributed by atoms with Crippen LogP contribution in [0.3, 0.4) is 0 Å². The van der Waals surface area contributed by atoms with Crippen molar-refractivity contribution >= 4 is 5.91 Å². The Kier molecular flexibility index (Phi) is 3.39. The Balaban J connectivity index is 2.06. The Bertz CT molecular complexity index is 344. The maximum Gasteiger partial charge on any atom is 0.243 e. The van der Waals surface area contributed by atoms with E-state index in [2.05, 4.69) is 6.07 Å². The van der Waals surface area contributed by atoms with Gasteiger partial charge in [-0.25, -0.2) is 0 Å². The van der Waals surface area contributed by atoms with Gasteiger partial charge in [0.25, 0.3) is 0 Å². The first-order chi connectivity index (χ1) is 8.10. The highest BCUT2D eigenvalue weighted by Gasteiger charge is 2.48. The Morgan fingerprint density at radius 1 is 1.35 bits per heavy atom. The molecule has 4 heteroatoms. The lowest BCUT2D eigenvalue weighted by molar-refractivity contribution is -0.147. The molecule has 0 aromatic heterocycles. The van der Waals surface area contributed by atoms with Crippen LogP contribution in [-0.4, -0.2) is 35.1 Å². The second-order valence-electron chi connectivity index (χ2n) is 5.38. The zero-order valence-corrected chi connectivity index (χ0v) is 10.4. The van der Waals surface area contributed by atoms with Gasteiger partial charge in [-0.3, -0.25) is 4.79 Å². The molecule has 0 bridgehead atoms. The average molecular weight is 236 g/mol. The third-order valence-electron chi connectivity index (χ3n) is 4.34. The minimum atomic E-state index is -0.786. The predicted octanol–water partition coefficient (Wildman–Crippen LogP) is 1.44. The molecule has 2 rings (SSSR count). The minimum absolute atomic E-state index is 0.0859. The molecule has 2 aliphatic carbocycles. The summed E-state index contributed by atoms with van der Waals surface area (Å²) in [5, 5.41) is 19.1. The van der Waals surface area contributed by atoms with Crippen molar-refractivity contribution in [2.24, 2.45) is 5.41 Å². The van der Waals surface area contributed by atoms with Crippen LogP contribution >= 0.6 is 0 Å². The molecule has 0 aliphatic heterocycles. The number of likely N-dealkylation sites (N-methyl/N-ethyl adjacent to an activating group) is 1. The van der Waals surface area contributed by atoms with Gasteiger partial charge in [-0.15, -0.1) is 0 Å². The summed E-state index contributed by atoms with van der Waals surface area (Å²) in [7, 11) is 1.74. The summed E-state index contributed by atoms with van der Waals surface area (Å²) in [5.41, 5.74) is -0.786. The first-order valence-corrected chi connectivity index (χ1v) is 6.47. The summed E-state index contributed by atoms with van der Waals surface area (Å²) in [4.78, 5) is 13.9. The summed E-state index contributed by atoms with van der Waals surface area (Å²) in [6.45, 7) is 0. The van der Waals surface area contributed by atoms with E-state index in [0.29, 0.717) is 12.8 Å². The fraction of sp³-hybridized carbons (Fsp3) is 0.846. The highest BCUT2D eigenvalue weighted by atomic mass is 16.3. The Morgan fingerprint density at radius 2 is 2.00 bits per heavy atom. The number of aliphatic hydroxyl groups is 1. The quantitative estimate of drug-likeness (QED) is 0.789. The first-order valence-electron chi connectivity index (χ1n) is 6.47. The van der Waals surface area contributed by atoms with Gasteiger partial charge in [0.05, 0.1) is 18.2 Å². The van der Waals surface area contributed by atoms with E-state index in [-0.39, 0.29) is 11.9 Å². The third-order valence-corrected chi connectivity index (χ3v) is 4.34. The van der Waals surface area contributed by atoms with Crippen molar-refractivity contribution in [3.8, 4) is 6.07 Å². The normalized spacial score (nSPS) is 31.1. The number of hydrogen-bond donors (Lipinski definition) is 1. The van der Waals surface area contributed by atoms with Gasteiger partial charge >= 0.3 is 0 Å². The molecule has 0 heterocycles. The summed E-state index contributed by atoms with van der Waals surface area (Å²) in [5.74, 6) is -0.0859. The molecule has 0 radical (unpaired) electrons. The molecular weight excluding hydrogens is 216 g/mol. The molecule has 0 aromatic carbocycles. The second-order valence-corrected chi connectivity index (χ2v) is 5.38. The van der Waals surface area contributed by atoms with Gasteiger partial charge in [-0.1, -0.05) is 12.8 Å². The lowest BCUT2D eigenvalue weighted by Crippen LogP contribution is -2.53. The first kappa shape index (κ1) is 12.4. The molecule has 17 heavy (non-hydrogen) atoms. The van der Waals surface area contributed by atoms with Crippen LogP contribution in [0.5, 0.6) is 0 Å². The fourth-order valence-electron chi connectivity index (χ4n) is 2.94. The smallest absolute Gasteiger partial charge is 0.243 e. The maximum absolute atomic E-state index is 12.3. The maximum atomic E-state index is 12.3. The number of nitriles is 1. The zero-order valence-electron chi connectivity index (χ0n) is 10.4. The van der Waals surface area contributed by atoms with Crippen molar-refractivity contribution in [2.45, 2.75) is 57.1 Å². The molecule has 0 aromatic rings. The minimum Gasteiger partial charge on any atom is -0.391 e. The lowest BCUT2D eigenvalue weighted by atomic mass is 9.68. The van der Waals surface area contributed by atoms with E-state index in [1.807, 2.05) is 0 Å². The van der Waals surface area contributed by atoms with Crippen LogP contribution in [0.25, 0.3) is 0 Å². The molecule has 2 atom stereocenters. The van der Waals surface area contributed by atoms with Crippen molar-refractivity contribution in [3.05, 3.63) is 0 Å². The molecule has 0 spiro atoms. The van der Waals surface area contributed by atoms with E-state index < -0.39 is 11.5 Å². The van der Waals surface area contributed by atoms with Crippen LogP contribution in [0.2, 0.25) is 0 Å². The molecule has 1 amide bonds. The van der Waals surface area contributed by atoms with Crippen LogP contribution in [0.15, 0.2) is 0 Å². The van der Waals surface area contributed by atoms with Gasteiger partial charge in [0.15, 0.2) is 0 Å². The molecule has 2 saturated carbocycles. The van der Waals surface area contributed by atoms with Crippen molar-refractivity contribution in [3.63, 3.8) is 0 Å². The Morgan fingerprint density at radius 3 is 2.47 bits per heavy atom. The predicted molar refractivity (Wildman–Crippen MR) is 62.9 cm³/mol. The monoisotopic (exact) mass is 236 g/mol. The molecule has 1 N–H and O–H groups in total. The number of aliphatic hydroxyl groups excluding tert-OH is 1. The van der Waals surface area contributed by atoms with Crippen LogP contribution in [0.4, 0.5) is 0 Å². The summed E-state index contributed by atoms with van der Waals surface area (Å²) < 4.78 is 0. The van der Waals surface area contributed by atoms with Gasteiger partial charge in [-0.2, -0.15) is 5.26 Å². The number of hydrogen-bond acceptors (Lipinski definition) is 3. The largest absolute Gasteiger partial charge is 0.391 e. The van der Waals surface area contributed by atoms with Gasteiger partial charge in [0.2, 0.25) is 5.91 Å². The van der Waals surface area contributed by atoms with Gasteiger partial charge in [-0.05, 0) is 32.1 Å². The highest BCUT2D eigenvalue weighted by molar-refractivity contribution is 5.86. The number of amides is 1. The molecular formula is C13H20N2O2. The van der Waals surface area contributed by atoms with Gasteiger partial charge in [0.1, 0.15) is 5.41 Å². The lowest BCUT2D eigenvalue weighted by Gasteiger charge is -2.42. The Labute approximate surface area is 102 Å². The van der Waals surface area contributed by atoms with E-state index in [1.165, 1.54) is 0 Å². The van der Waals surface area contributed by atoms with Crippen molar-refractivity contribution in [2.75, 3.05) is 7.05 Å². The topological polar surface area (TPSA) is 64.3 Å². The van der Waals surface area contributed by atoms with Crippen LogP contribution < -0.4 is 0 Å². The highest BCUT2D eigenvalue weighted by Crippen LogP contribution is 2.42. The van der Waals surface area contributed by atoms with E-state index in [1.54, 1.807) is 11.9 Å². The number of nitrogens with zero attached hydrogens (tertiary/aromatic N) is 2. The van der Waals surface area contributed by atoms with Crippen molar-refractivity contribution in [1.29, 1.82) is 5.26 Å². The van der Waals surface area contributed by atoms with Crippen molar-refractivity contribution in [1.82, 2.24) is 4.90 Å². The van der Waals surface area contributed by atoms with Crippen LogP contribution in [-0.2, 0) is 4.79 Å². The standard InChI is InChI=1S/C13H20N2O2/c1-15(10-5-2-3-6-11(10)16)12(17)13(9-14)7-4-8-13/h10-11,16H,2-8H2,1H3. The number of carbonyl (C=O) groups excluding carboxylic acids is 1. The van der Waals surface area contributed by atoms with Gasteiger partial charge in [0, 0.05) is 7.05 Å². The molecule has 2 unspecified atom stereocenters. The molecule has 2 aliphatic rings. The van der Waals surface area contributed by atoms with Gasteiger partial charge < -0.3 is 10.0 Å². The van der Waals surface area contributed by atoms with E-state index >= 15 is 0 Å². The van der Waals surface area contributed by atoms with Crippen molar-refractivity contribution < 1.29 is 9.90 Å². The van der Waals surface area contributed by atoms with E-state index in [4.69, 9.17) is 5.26 Å². The van der Waals surface area contributed by atoms with E-state index in [0.717, 1.165) is 32.1 Å². The molecule has 0 saturated heterocycles. The SMILES string of the molecule is CN(C(=O)C1(C#N)CCC1)C1CCCCC1O. The Hall–Kier alpha value is -1.08. The molecule has 4 nitrogen and oxygen atoms in total. The summed E-state index contributed by atoms with van der Waals surface area (Å²) in [6.07, 6.45) is 5.59. The van der Waals surface area contributed by atoms with Crippen LogP contribution in [0.1, 0.15) is 44.9 Å². The number of carbonyl (C=O) groups is 1. The fourth-order valence-corrected chi connectivity index (χ4v) is 2.94. The van der Waals surface area contributed by atoms with Crippen LogP contribution in [0, 0.1) is 16.7 Å². The molecule has 2 fully saturated rings. The summed E-state index contributed by atoms with van der Waals surface area (Å²) in [6, 6.07) is 2.08.